The Bertz CT molecular complexity index is 2470. The Morgan fingerprint density at radius 3 is 1.79 bits per heavy atom. The molecule has 1 heterocycles. The second kappa shape index (κ2) is 10.4. The number of fused-ring (bicyclic) bond motifs is 3. The van der Waals surface area contributed by atoms with Gasteiger partial charge in [-0.1, -0.05) is 134 Å². The first-order chi connectivity index (χ1) is 23.4. The molecule has 0 aliphatic heterocycles. The van der Waals surface area contributed by atoms with Gasteiger partial charge >= 0.3 is 0 Å². The van der Waals surface area contributed by atoms with Crippen LogP contribution in [0.3, 0.4) is 0 Å². The van der Waals surface area contributed by atoms with Crippen molar-refractivity contribution in [1.29, 1.82) is 0 Å². The Balaban J connectivity index is 1.33. The van der Waals surface area contributed by atoms with Crippen LogP contribution in [0.4, 0.5) is 0 Å². The van der Waals surface area contributed by atoms with Gasteiger partial charge in [0.2, 0.25) is 0 Å². The molecule has 43 heavy (non-hydrogen) atoms. The quantitative estimate of drug-likeness (QED) is 0.193. The number of imidazole rings is 1. The minimum atomic E-state index is -0.391. The van der Waals surface area contributed by atoms with E-state index in [1.165, 1.54) is 0 Å². The highest BCUT2D eigenvalue weighted by Gasteiger charge is 2.18. The molecule has 7 aromatic carbocycles. The predicted octanol–water partition coefficient (Wildman–Crippen LogP) is 10.9. The smallest absolute Gasteiger partial charge is 0.114 e. The highest BCUT2D eigenvalue weighted by atomic mass is 15.1. The maximum Gasteiger partial charge on any atom is 0.114 e. The average molecular weight is 556 g/mol. The number of hydrogen-bond donors (Lipinski definition) is 0. The van der Waals surface area contributed by atoms with Crippen LogP contribution in [0.25, 0.3) is 71.6 Å². The van der Waals surface area contributed by atoms with E-state index in [1.54, 1.807) is 0 Å². The van der Waals surface area contributed by atoms with Gasteiger partial charge < -0.3 is 0 Å². The number of benzene rings is 7. The molecule has 0 bridgehead atoms. The molecule has 0 atom stereocenters. The minimum Gasteiger partial charge on any atom is -0.296 e. The van der Waals surface area contributed by atoms with Gasteiger partial charge in [-0.15, -0.1) is 0 Å². The molecule has 2 nitrogen and oxygen atoms in total. The maximum absolute atomic E-state index is 8.46. The average Bonchev–Trinajstić information content (AvgIpc) is 3.51. The van der Waals surface area contributed by atoms with E-state index in [-0.39, 0.29) is 29.7 Å². The SMILES string of the molecule is [2H]c1c([2H])c([2H])c(-c2ccc(-c3c4ccccc4c(-c4cccc(-n5c(CC)nc6ccccc65)c4)c4ccccc34)cc2)c([2H])c1[2H]. The third-order valence-corrected chi connectivity index (χ3v) is 8.23. The first-order valence-corrected chi connectivity index (χ1v) is 14.6. The molecular formula is C41H30N2. The van der Waals surface area contributed by atoms with Crippen LogP contribution in [-0.4, -0.2) is 9.55 Å². The molecular weight excluding hydrogens is 520 g/mol. The number of aryl methyl sites for hydroxylation is 1. The summed E-state index contributed by atoms with van der Waals surface area (Å²) in [7, 11) is 0. The molecule has 0 radical (unpaired) electrons. The molecule has 0 aliphatic carbocycles. The van der Waals surface area contributed by atoms with Gasteiger partial charge in [-0.3, -0.25) is 4.57 Å². The molecule has 0 N–H and O–H groups in total. The normalized spacial score (nSPS) is 13.1. The number of hydrogen-bond acceptors (Lipinski definition) is 1. The summed E-state index contributed by atoms with van der Waals surface area (Å²) in [6.07, 6.45) is 0.814. The Hall–Kier alpha value is -5.47. The van der Waals surface area contributed by atoms with Crippen molar-refractivity contribution >= 4 is 32.6 Å². The van der Waals surface area contributed by atoms with Crippen LogP contribution in [0.5, 0.6) is 0 Å². The third kappa shape index (κ3) is 4.23. The zero-order chi connectivity index (χ0) is 33.1. The molecule has 0 aliphatic rings. The van der Waals surface area contributed by atoms with E-state index in [0.29, 0.717) is 5.56 Å². The number of nitrogens with zero attached hydrogens (tertiary/aromatic N) is 2. The summed E-state index contributed by atoms with van der Waals surface area (Å²) in [5.74, 6) is 1.02. The monoisotopic (exact) mass is 555 g/mol. The number of aromatic nitrogens is 2. The lowest BCUT2D eigenvalue weighted by atomic mass is 9.85. The Morgan fingerprint density at radius 2 is 1.14 bits per heavy atom. The molecule has 204 valence electrons. The summed E-state index contributed by atoms with van der Waals surface area (Å²) in [5, 5.41) is 4.47. The van der Waals surface area contributed by atoms with Crippen LogP contribution in [0.1, 0.15) is 19.6 Å². The van der Waals surface area contributed by atoms with Crippen LogP contribution in [0, 0.1) is 0 Å². The van der Waals surface area contributed by atoms with Crippen molar-refractivity contribution in [2.45, 2.75) is 13.3 Å². The lowest BCUT2D eigenvalue weighted by Gasteiger charge is -2.18. The summed E-state index contributed by atoms with van der Waals surface area (Å²) in [4.78, 5) is 4.92. The van der Waals surface area contributed by atoms with E-state index in [9.17, 15) is 0 Å². The van der Waals surface area contributed by atoms with Crippen LogP contribution in [0.15, 0.2) is 152 Å². The zero-order valence-corrected chi connectivity index (χ0v) is 23.6. The highest BCUT2D eigenvalue weighted by Crippen LogP contribution is 2.44. The van der Waals surface area contributed by atoms with Crippen LogP contribution in [-0.2, 0) is 6.42 Å². The van der Waals surface area contributed by atoms with Crippen LogP contribution in [0.2, 0.25) is 0 Å². The lowest BCUT2D eigenvalue weighted by molar-refractivity contribution is 0.908. The fourth-order valence-corrected chi connectivity index (χ4v) is 6.35. The van der Waals surface area contributed by atoms with Gasteiger partial charge in [-0.2, -0.15) is 0 Å². The molecule has 8 rings (SSSR count). The van der Waals surface area contributed by atoms with Crippen molar-refractivity contribution in [3.8, 4) is 39.1 Å². The first kappa shape index (κ1) is 20.4. The van der Waals surface area contributed by atoms with Gasteiger partial charge in [-0.25, -0.2) is 4.98 Å². The van der Waals surface area contributed by atoms with E-state index in [4.69, 9.17) is 11.8 Å². The highest BCUT2D eigenvalue weighted by molar-refractivity contribution is 6.21. The molecule has 0 fully saturated rings. The summed E-state index contributed by atoms with van der Waals surface area (Å²) in [6, 6.07) is 40.1. The molecule has 1 aromatic heterocycles. The van der Waals surface area contributed by atoms with Crippen molar-refractivity contribution in [3.05, 3.63) is 157 Å². The van der Waals surface area contributed by atoms with E-state index < -0.39 is 6.04 Å². The van der Waals surface area contributed by atoms with Crippen molar-refractivity contribution < 1.29 is 6.85 Å². The van der Waals surface area contributed by atoms with Crippen molar-refractivity contribution in [1.82, 2.24) is 9.55 Å². The Labute approximate surface area is 258 Å². The molecule has 0 spiro atoms. The summed E-state index contributed by atoms with van der Waals surface area (Å²) in [6.45, 7) is 2.14. The number of para-hydroxylation sites is 2. The predicted molar refractivity (Wildman–Crippen MR) is 182 cm³/mol. The fourth-order valence-electron chi connectivity index (χ4n) is 6.35. The van der Waals surface area contributed by atoms with Gasteiger partial charge in [0.1, 0.15) is 5.82 Å². The number of rotatable bonds is 5. The second-order valence-electron chi connectivity index (χ2n) is 10.7. The molecule has 0 amide bonds. The van der Waals surface area contributed by atoms with Crippen LogP contribution >= 0.6 is 0 Å². The van der Waals surface area contributed by atoms with Gasteiger partial charge in [0.05, 0.1) is 17.9 Å². The topological polar surface area (TPSA) is 17.8 Å². The lowest BCUT2D eigenvalue weighted by Crippen LogP contribution is -2.00. The fraction of sp³-hybridized carbons (Fsp3) is 0.0488. The van der Waals surface area contributed by atoms with Gasteiger partial charge in [0, 0.05) is 12.1 Å². The summed E-state index contributed by atoms with van der Waals surface area (Å²) >= 11 is 0. The summed E-state index contributed by atoms with van der Waals surface area (Å²) in [5.41, 5.74) is 8.26. The largest absolute Gasteiger partial charge is 0.296 e. The van der Waals surface area contributed by atoms with Crippen LogP contribution < -0.4 is 0 Å². The third-order valence-electron chi connectivity index (χ3n) is 8.23. The van der Waals surface area contributed by atoms with Crippen molar-refractivity contribution in [3.63, 3.8) is 0 Å². The molecule has 2 heteroatoms. The molecule has 0 saturated heterocycles. The second-order valence-corrected chi connectivity index (χ2v) is 10.7. The van der Waals surface area contributed by atoms with Crippen molar-refractivity contribution in [2.75, 3.05) is 0 Å². The standard InChI is InChI=1S/C41H30N2/c1-2-39-42-37-21-10-11-22-38(37)43(39)32-16-12-15-31(27-32)41-35-19-8-6-17-33(35)40(34-18-7-9-20-36(34)41)30-25-23-29(24-26-30)28-13-4-3-5-14-28/h3-27H,2H2,1H3/i3D,4D,5D,13D,14D. The van der Waals surface area contributed by atoms with Crippen molar-refractivity contribution in [2.24, 2.45) is 0 Å². The van der Waals surface area contributed by atoms with E-state index in [1.807, 2.05) is 30.3 Å². The molecule has 0 saturated carbocycles. The van der Waals surface area contributed by atoms with Gasteiger partial charge in [0.25, 0.3) is 0 Å². The maximum atomic E-state index is 8.46. The van der Waals surface area contributed by atoms with E-state index in [0.717, 1.165) is 72.8 Å². The Kier molecular flexibility index (Phi) is 4.95. The van der Waals surface area contributed by atoms with E-state index in [2.05, 4.69) is 102 Å². The first-order valence-electron chi connectivity index (χ1n) is 17.1. The van der Waals surface area contributed by atoms with Gasteiger partial charge in [-0.05, 0) is 79.2 Å². The van der Waals surface area contributed by atoms with E-state index >= 15 is 0 Å². The summed E-state index contributed by atoms with van der Waals surface area (Å²) < 4.78 is 43.4. The van der Waals surface area contributed by atoms with Gasteiger partial charge in [0.15, 0.2) is 0 Å². The molecule has 0 unspecified atom stereocenters. The Morgan fingerprint density at radius 1 is 0.558 bits per heavy atom. The minimum absolute atomic E-state index is 0.203. The zero-order valence-electron chi connectivity index (χ0n) is 28.6. The molecule has 8 aromatic rings.